The van der Waals surface area contributed by atoms with Gasteiger partial charge in [-0.2, -0.15) is 5.10 Å². The molecule has 0 aliphatic heterocycles. The van der Waals surface area contributed by atoms with E-state index in [0.717, 1.165) is 152 Å². The van der Waals surface area contributed by atoms with Crippen molar-refractivity contribution in [2.45, 2.75) is 17.3 Å². The minimum Gasteiger partial charge on any atom is -0.468 e. The Balaban J connectivity index is 1.11. The summed E-state index contributed by atoms with van der Waals surface area (Å²) in [5.74, 6) is -5.28. The van der Waals surface area contributed by atoms with Gasteiger partial charge in [-0.05, 0) is 273 Å². The molecule has 0 radical (unpaired) electrons. The smallest absolute Gasteiger partial charge is 0.336 e. The Kier molecular flexibility index (Phi) is 4.74. The summed E-state index contributed by atoms with van der Waals surface area (Å²) in [7, 11) is 4.78. The Morgan fingerprint density at radius 2 is 0.674 bits per heavy atom. The van der Waals surface area contributed by atoms with Crippen LogP contribution < -0.4 is 16.2 Å². The largest absolute Gasteiger partial charge is 0.468 e. The molecule has 26 aromatic carbocycles. The highest BCUT2D eigenvalue weighted by molar-refractivity contribution is 9.10. The molecule has 2 atom stereocenters. The van der Waals surface area contributed by atoms with E-state index in [9.17, 15) is 0 Å². The van der Waals surface area contributed by atoms with Crippen LogP contribution in [0, 0.1) is 0 Å². The first-order chi connectivity index (χ1) is 43.6. The lowest BCUT2D eigenvalue weighted by molar-refractivity contribution is -0.150. The molecular weight excluding hydrogens is 1180 g/mol. The van der Waals surface area contributed by atoms with Gasteiger partial charge in [0, 0.05) is 54.2 Å². The van der Waals surface area contributed by atoms with Gasteiger partial charge in [0.05, 0.1) is 45.3 Å². The second-order valence-corrected chi connectivity index (χ2v) is 28.5. The number of hydrogen-bond acceptors (Lipinski definition) is 12. The number of ether oxygens (including phenoxy) is 4. The molecule has 4 aliphatic carbocycles. The summed E-state index contributed by atoms with van der Waals surface area (Å²) in [4.78, 5) is 103. The number of nitrogens with one attached hydrogen (secondary N) is 1. The van der Waals surface area contributed by atoms with E-state index in [4.69, 9.17) is 24.0 Å². The summed E-state index contributed by atoms with van der Waals surface area (Å²) < 4.78 is 25.5. The van der Waals surface area contributed by atoms with Crippen molar-refractivity contribution in [3.63, 3.8) is 0 Å². The van der Waals surface area contributed by atoms with Gasteiger partial charge in [-0.25, -0.2) is 9.59 Å². The molecule has 0 spiro atoms. The summed E-state index contributed by atoms with van der Waals surface area (Å²) >= 11 is 3.61. The highest BCUT2D eigenvalue weighted by Gasteiger charge is 2.70. The van der Waals surface area contributed by atoms with Crippen LogP contribution in [-0.4, -0.2) is 58.1 Å². The molecular formula is C76H19BrN2O10. The highest BCUT2D eigenvalue weighted by atomic mass is 79.9. The molecule has 1 N–H and O–H groups in total. The minimum absolute atomic E-state index is 0.127. The number of fused-ring (bicyclic) bond motifs is 6. The second kappa shape index (κ2) is 10.4. The Hall–Kier alpha value is -10.9. The number of benzene rings is 17. The van der Waals surface area contributed by atoms with E-state index in [1.165, 1.54) is 108 Å². The molecule has 30 rings (SSSR count). The van der Waals surface area contributed by atoms with Crippen molar-refractivity contribution in [1.82, 2.24) is 0 Å². The van der Waals surface area contributed by atoms with Crippen molar-refractivity contribution >= 4 is 310 Å². The van der Waals surface area contributed by atoms with Crippen molar-refractivity contribution in [2.75, 3.05) is 33.9 Å². The van der Waals surface area contributed by atoms with Gasteiger partial charge in [0.15, 0.2) is 16.6 Å². The van der Waals surface area contributed by atoms with E-state index >= 15 is 28.8 Å². The van der Waals surface area contributed by atoms with Gasteiger partial charge in [-0.15, -0.1) is 0 Å². The third-order valence-corrected chi connectivity index (χ3v) is 26.6. The zero-order chi connectivity index (χ0) is 57.3. The van der Waals surface area contributed by atoms with E-state index in [1.807, 2.05) is 24.3 Å². The van der Waals surface area contributed by atoms with Gasteiger partial charge >= 0.3 is 23.9 Å². The molecule has 13 heteroatoms. The Labute approximate surface area is 494 Å². The fraction of sp³-hybridized carbons (Fsp3) is 0.0921. The molecule has 0 heterocycles. The van der Waals surface area contributed by atoms with Gasteiger partial charge in [-0.1, -0.05) is 15.9 Å². The third-order valence-electron chi connectivity index (χ3n) is 26.1. The number of nitrogens with zero attached hydrogens (tertiary/aromatic N) is 1. The summed E-state index contributed by atoms with van der Waals surface area (Å²) in [6.45, 7) is 0. The minimum atomic E-state index is -2.83. The predicted molar refractivity (Wildman–Crippen MR) is 349 cm³/mol. The van der Waals surface area contributed by atoms with Crippen molar-refractivity contribution in [2.24, 2.45) is 5.10 Å². The SMILES string of the molecule is COC(=O)C1=C(C(=O)OC)C2(C(=O)OC)c3c4c(=O)/c(=N/Nc5ccc(Br)cc5)c5c4c4c6c3c3c2c2c7c8c9c(c%10c%11c%12c(c%13c5c5c%14c%13c%13c%12c%12c%15c%11c9c9c7c7c2c2c3c3c6c(c45)c4c%14c5c%13c%12c6c(c9%15)c7c7c2c3c4c5c76)C%10)C(=O)C18C(=O)OC. The molecule has 2 unspecified atom stereocenters. The number of esters is 4. The monoisotopic (exact) mass is 1200 g/mol. The van der Waals surface area contributed by atoms with Crippen LogP contribution >= 0.6 is 15.9 Å². The van der Waals surface area contributed by atoms with Gasteiger partial charge < -0.3 is 18.9 Å². The lowest BCUT2D eigenvalue weighted by Gasteiger charge is -2.38. The van der Waals surface area contributed by atoms with E-state index in [-0.39, 0.29) is 33.9 Å². The van der Waals surface area contributed by atoms with Crippen molar-refractivity contribution in [3.05, 3.63) is 88.8 Å². The first kappa shape index (κ1) is 40.5. The molecule has 0 amide bonds. The third kappa shape index (κ3) is 2.72. The maximum Gasteiger partial charge on any atom is 0.336 e. The van der Waals surface area contributed by atoms with Gasteiger partial charge in [-0.3, -0.25) is 24.6 Å². The summed E-state index contributed by atoms with van der Waals surface area (Å²) in [6, 6.07) is 7.60. The number of halogens is 1. The Bertz CT molecular complexity index is 8310. The zero-order valence-electron chi connectivity index (χ0n) is 45.9. The predicted octanol–water partition coefficient (Wildman–Crippen LogP) is 14.9. The number of rotatable bonds is 6. The van der Waals surface area contributed by atoms with Crippen molar-refractivity contribution < 1.29 is 42.9 Å². The molecule has 0 fully saturated rings. The molecule has 89 heavy (non-hydrogen) atoms. The van der Waals surface area contributed by atoms with Gasteiger partial charge in [0.1, 0.15) is 5.36 Å². The number of ketones is 1. The first-order valence-corrected chi connectivity index (χ1v) is 30.9. The van der Waals surface area contributed by atoms with Crippen molar-refractivity contribution in [1.29, 1.82) is 0 Å². The molecule has 0 bridgehead atoms. The second-order valence-electron chi connectivity index (χ2n) is 27.6. The van der Waals surface area contributed by atoms with Crippen LogP contribution in [0.3, 0.4) is 0 Å². The topological polar surface area (TPSA) is 164 Å². The number of carbonyl (C=O) groups is 5. The van der Waals surface area contributed by atoms with Gasteiger partial charge in [0.25, 0.3) is 0 Å². The van der Waals surface area contributed by atoms with E-state index < -0.39 is 57.1 Å². The molecule has 0 saturated carbocycles. The number of methoxy groups -OCH3 is 4. The Morgan fingerprint density at radius 1 is 0.371 bits per heavy atom. The summed E-state index contributed by atoms with van der Waals surface area (Å²) in [5.41, 5.74) is -0.551. The van der Waals surface area contributed by atoms with Crippen LogP contribution in [0.15, 0.2) is 49.8 Å². The maximum absolute atomic E-state index is 17.9. The van der Waals surface area contributed by atoms with E-state index in [2.05, 4.69) is 21.4 Å². The molecule has 0 aromatic heterocycles. The molecule has 400 valence electrons. The fourth-order valence-corrected chi connectivity index (χ4v) is 25.0. The molecule has 12 nitrogen and oxygen atoms in total. The van der Waals surface area contributed by atoms with Crippen LogP contribution in [0.25, 0.3) is 259 Å². The van der Waals surface area contributed by atoms with Crippen LogP contribution in [0.5, 0.6) is 0 Å². The summed E-state index contributed by atoms with van der Waals surface area (Å²) in [5, 5.41) is 53.8. The van der Waals surface area contributed by atoms with E-state index in [1.54, 1.807) is 0 Å². The average molecular weight is 1200 g/mol. The van der Waals surface area contributed by atoms with Crippen LogP contribution in [-0.2, 0) is 55.4 Å². The molecule has 26 aromatic rings. The zero-order valence-corrected chi connectivity index (χ0v) is 47.5. The number of anilines is 1. The molecule has 0 saturated heterocycles. The lowest BCUT2D eigenvalue weighted by atomic mass is 9.60. The average Bonchev–Trinajstić information content (AvgIpc) is 1.40. The summed E-state index contributed by atoms with van der Waals surface area (Å²) in [6.07, 6.45) is 0.261. The lowest BCUT2D eigenvalue weighted by Crippen LogP contribution is -2.52. The highest BCUT2D eigenvalue weighted by Crippen LogP contribution is 2.79. The first-order valence-electron chi connectivity index (χ1n) is 30.1. The number of carbonyl (C=O) groups excluding carboxylic acids is 5. The van der Waals surface area contributed by atoms with Crippen molar-refractivity contribution in [3.8, 4) is 0 Å². The number of hydrogen-bond donors (Lipinski definition) is 1. The fourth-order valence-electron chi connectivity index (χ4n) is 24.7. The van der Waals surface area contributed by atoms with E-state index in [0.29, 0.717) is 49.0 Å². The van der Waals surface area contributed by atoms with Crippen LogP contribution in [0.1, 0.15) is 38.2 Å². The molecule has 4 aliphatic rings. The normalized spacial score (nSPS) is 19.8. The number of Topliss-reactive ketones (excluding diaryl/α,β-unsaturated/α-hetero) is 1. The Morgan fingerprint density at radius 3 is 1.08 bits per heavy atom. The van der Waals surface area contributed by atoms with Crippen LogP contribution in [0.2, 0.25) is 0 Å². The van der Waals surface area contributed by atoms with Crippen LogP contribution in [0.4, 0.5) is 5.69 Å². The quantitative estimate of drug-likeness (QED) is 0.0554. The standard InChI is InChI=1S/C76H19BrN2O10/c1-86-71(82)66-67(72(83)87-2)76(74(85)89-4)64-56-17(70(76)81)13-9-12-14-15(13)19-24-23-18(14)22-20-16(12)21-26-25(20)29-32-27(22)28(23)33-35-30(24)46(50(19)56)54-48-42(35)39-37(33)36(32)38-34(29)40-31(26)49-52-45(40)44-41(38)43(39)47-51(44)58-60(52)65(75(66,73(84)88-3)63(58)57(53(47)48)59(54)64)62-55(49)61(21)68(69(62)80)79-78-11-7-5-10(77)6-8-11/h5-8,78H,9H2,1-4H3/b67-66?,79-68+. The maximum atomic E-state index is 17.9. The van der Waals surface area contributed by atoms with Gasteiger partial charge in [0.2, 0.25) is 5.43 Å².